The summed E-state index contributed by atoms with van der Waals surface area (Å²) in [6.07, 6.45) is 0.987. The van der Waals surface area contributed by atoms with Crippen LogP contribution < -0.4 is 0 Å². The number of hydrogen-bond acceptors (Lipinski definition) is 1. The van der Waals surface area contributed by atoms with E-state index in [9.17, 15) is 9.50 Å². The number of hydrogen-bond donors (Lipinski definition) is 1. The van der Waals surface area contributed by atoms with E-state index in [4.69, 9.17) is 0 Å². The van der Waals surface area contributed by atoms with E-state index in [1.165, 1.54) is 0 Å². The fraction of sp³-hybridized carbons (Fsp3) is 0.250. The van der Waals surface area contributed by atoms with Crippen LogP contribution in [0.4, 0.5) is 4.39 Å². The molecule has 0 radical (unpaired) electrons. The zero-order valence-corrected chi connectivity index (χ0v) is 11.9. The average Bonchev–Trinajstić information content (AvgIpc) is 3.24. The van der Waals surface area contributed by atoms with Crippen LogP contribution in [0.25, 0.3) is 0 Å². The molecule has 1 unspecified atom stereocenters. The van der Waals surface area contributed by atoms with Crippen LogP contribution in [0.1, 0.15) is 30.1 Å². The molecule has 0 aliphatic heterocycles. The van der Waals surface area contributed by atoms with Gasteiger partial charge in [-0.05, 0) is 40.4 Å². The van der Waals surface area contributed by atoms with Crippen LogP contribution in [0.2, 0.25) is 0 Å². The van der Waals surface area contributed by atoms with Crippen LogP contribution >= 0.6 is 15.9 Å². The molecule has 1 fully saturated rings. The second-order valence-corrected chi connectivity index (χ2v) is 5.92. The Labute approximate surface area is 120 Å². The van der Waals surface area contributed by atoms with Gasteiger partial charge in [0, 0.05) is 11.0 Å². The Hall–Kier alpha value is -1.19. The lowest BCUT2D eigenvalue weighted by molar-refractivity contribution is 0.129. The van der Waals surface area contributed by atoms with Crippen molar-refractivity contribution in [1.82, 2.24) is 0 Å². The largest absolute Gasteiger partial charge is 0.387 e. The van der Waals surface area contributed by atoms with E-state index < -0.39 is 6.10 Å². The van der Waals surface area contributed by atoms with Crippen molar-refractivity contribution in [3.05, 3.63) is 69.9 Å². The minimum Gasteiger partial charge on any atom is -0.387 e. The number of halogens is 2. The van der Waals surface area contributed by atoms with Crippen LogP contribution in [0.3, 0.4) is 0 Å². The SMILES string of the molecule is OC(c1cccc(Br)c1F)C1(c2ccccc2)CC1. The second kappa shape index (κ2) is 4.73. The lowest BCUT2D eigenvalue weighted by Gasteiger charge is -2.23. The maximum atomic E-state index is 14.1. The van der Waals surface area contributed by atoms with Gasteiger partial charge in [-0.2, -0.15) is 0 Å². The summed E-state index contributed by atoms with van der Waals surface area (Å²) in [6.45, 7) is 0. The maximum absolute atomic E-state index is 14.1. The van der Waals surface area contributed by atoms with Gasteiger partial charge in [0.25, 0.3) is 0 Å². The molecule has 1 nitrogen and oxygen atoms in total. The molecule has 3 heteroatoms. The summed E-state index contributed by atoms with van der Waals surface area (Å²) in [4.78, 5) is 0. The molecule has 0 bridgehead atoms. The van der Waals surface area contributed by atoms with Gasteiger partial charge < -0.3 is 5.11 Å². The zero-order chi connectivity index (χ0) is 13.5. The molecule has 19 heavy (non-hydrogen) atoms. The third-order valence-electron chi connectivity index (χ3n) is 3.94. The van der Waals surface area contributed by atoms with Gasteiger partial charge in [0.05, 0.1) is 10.6 Å². The molecule has 1 aliphatic rings. The molecule has 3 rings (SSSR count). The number of benzene rings is 2. The summed E-state index contributed by atoms with van der Waals surface area (Å²) in [6, 6.07) is 14.9. The molecule has 2 aromatic rings. The average molecular weight is 321 g/mol. The molecular formula is C16H14BrFO. The maximum Gasteiger partial charge on any atom is 0.143 e. The Kier molecular flexibility index (Phi) is 3.19. The molecule has 0 heterocycles. The molecule has 1 N–H and O–H groups in total. The number of rotatable bonds is 3. The van der Waals surface area contributed by atoms with Gasteiger partial charge in [-0.1, -0.05) is 42.5 Å². The van der Waals surface area contributed by atoms with E-state index in [1.54, 1.807) is 18.2 Å². The van der Waals surface area contributed by atoms with E-state index >= 15 is 0 Å². The third kappa shape index (κ3) is 2.11. The molecule has 1 saturated carbocycles. The molecule has 0 saturated heterocycles. The van der Waals surface area contributed by atoms with Crippen molar-refractivity contribution < 1.29 is 9.50 Å². The Morgan fingerprint density at radius 2 is 1.74 bits per heavy atom. The minimum absolute atomic E-state index is 0.317. The fourth-order valence-corrected chi connectivity index (χ4v) is 3.04. The van der Waals surface area contributed by atoms with Gasteiger partial charge in [0.1, 0.15) is 5.82 Å². The van der Waals surface area contributed by atoms with E-state index in [2.05, 4.69) is 15.9 Å². The molecule has 1 atom stereocenters. The van der Waals surface area contributed by atoms with Crippen molar-refractivity contribution >= 4 is 15.9 Å². The molecule has 2 aromatic carbocycles. The van der Waals surface area contributed by atoms with E-state index in [0.29, 0.717) is 10.0 Å². The van der Waals surface area contributed by atoms with Gasteiger partial charge >= 0.3 is 0 Å². The van der Waals surface area contributed by atoms with Crippen molar-refractivity contribution in [2.45, 2.75) is 24.4 Å². The molecule has 0 amide bonds. The predicted molar refractivity (Wildman–Crippen MR) is 76.4 cm³/mol. The highest BCUT2D eigenvalue weighted by Crippen LogP contribution is 2.56. The van der Waals surface area contributed by atoms with Gasteiger partial charge in [-0.15, -0.1) is 0 Å². The third-order valence-corrected chi connectivity index (χ3v) is 4.55. The smallest absolute Gasteiger partial charge is 0.143 e. The summed E-state index contributed by atoms with van der Waals surface area (Å²) >= 11 is 3.17. The first-order chi connectivity index (χ1) is 9.15. The first-order valence-corrected chi connectivity index (χ1v) is 7.12. The van der Waals surface area contributed by atoms with E-state index in [1.807, 2.05) is 30.3 Å². The fourth-order valence-electron chi connectivity index (χ4n) is 2.65. The van der Waals surface area contributed by atoms with Gasteiger partial charge in [0.15, 0.2) is 0 Å². The van der Waals surface area contributed by atoms with Crippen LogP contribution in [0.15, 0.2) is 53.0 Å². The van der Waals surface area contributed by atoms with E-state index in [0.717, 1.165) is 18.4 Å². The van der Waals surface area contributed by atoms with Crippen LogP contribution in [0, 0.1) is 5.82 Å². The van der Waals surface area contributed by atoms with Crippen LogP contribution in [-0.4, -0.2) is 5.11 Å². The topological polar surface area (TPSA) is 20.2 Å². The van der Waals surface area contributed by atoms with Crippen molar-refractivity contribution in [2.24, 2.45) is 0 Å². The van der Waals surface area contributed by atoms with Crippen molar-refractivity contribution in [1.29, 1.82) is 0 Å². The quantitative estimate of drug-likeness (QED) is 0.891. The summed E-state index contributed by atoms with van der Waals surface area (Å²) < 4.78 is 14.5. The number of aliphatic hydroxyl groups is 1. The van der Waals surface area contributed by atoms with Crippen molar-refractivity contribution in [3.8, 4) is 0 Å². The highest BCUT2D eigenvalue weighted by atomic mass is 79.9. The van der Waals surface area contributed by atoms with Crippen molar-refractivity contribution in [3.63, 3.8) is 0 Å². The molecule has 1 aliphatic carbocycles. The lowest BCUT2D eigenvalue weighted by Crippen LogP contribution is -2.19. The predicted octanol–water partition coefficient (Wildman–Crippen LogP) is 4.35. The minimum atomic E-state index is -0.799. The van der Waals surface area contributed by atoms with Gasteiger partial charge in [0.2, 0.25) is 0 Å². The molecule has 98 valence electrons. The van der Waals surface area contributed by atoms with Crippen molar-refractivity contribution in [2.75, 3.05) is 0 Å². The normalized spacial score (nSPS) is 18.1. The zero-order valence-electron chi connectivity index (χ0n) is 10.3. The Balaban J connectivity index is 2.01. The van der Waals surface area contributed by atoms with Gasteiger partial charge in [-0.25, -0.2) is 4.39 Å². The molecule has 0 aromatic heterocycles. The monoisotopic (exact) mass is 320 g/mol. The summed E-state index contributed by atoms with van der Waals surface area (Å²) in [7, 11) is 0. The first kappa shape index (κ1) is 12.8. The summed E-state index contributed by atoms with van der Waals surface area (Å²) in [5.74, 6) is -0.364. The Morgan fingerprint density at radius 3 is 2.37 bits per heavy atom. The second-order valence-electron chi connectivity index (χ2n) is 5.07. The van der Waals surface area contributed by atoms with E-state index in [-0.39, 0.29) is 11.2 Å². The molecule has 0 spiro atoms. The Morgan fingerprint density at radius 1 is 1.05 bits per heavy atom. The van der Waals surface area contributed by atoms with Crippen LogP contribution in [-0.2, 0) is 5.41 Å². The summed E-state index contributed by atoms with van der Waals surface area (Å²) in [5, 5.41) is 10.6. The summed E-state index contributed by atoms with van der Waals surface area (Å²) in [5.41, 5.74) is 1.14. The Bertz CT molecular complexity index is 593. The first-order valence-electron chi connectivity index (χ1n) is 6.33. The highest BCUT2D eigenvalue weighted by molar-refractivity contribution is 9.10. The van der Waals surface area contributed by atoms with Crippen LogP contribution in [0.5, 0.6) is 0 Å². The lowest BCUT2D eigenvalue weighted by atomic mass is 9.86. The molecular weight excluding hydrogens is 307 g/mol. The van der Waals surface area contributed by atoms with Gasteiger partial charge in [-0.3, -0.25) is 0 Å². The highest BCUT2D eigenvalue weighted by Gasteiger charge is 2.51. The number of aliphatic hydroxyl groups excluding tert-OH is 1. The standard InChI is InChI=1S/C16H14BrFO/c17-13-8-4-7-12(14(13)18)15(19)16(9-10-16)11-5-2-1-3-6-11/h1-8,15,19H,9-10H2.